The maximum Gasteiger partial charge on any atom is 0.241 e. The number of aryl methyl sites for hydroxylation is 1. The fourth-order valence-corrected chi connectivity index (χ4v) is 3.77. The summed E-state index contributed by atoms with van der Waals surface area (Å²) in [6, 6.07) is 6.08. The molecule has 0 fully saturated rings. The van der Waals surface area contributed by atoms with Gasteiger partial charge in [0, 0.05) is 12.6 Å². The summed E-state index contributed by atoms with van der Waals surface area (Å²) in [4.78, 5) is 0.161. The van der Waals surface area contributed by atoms with Crippen LogP contribution in [0.1, 0.15) is 38.3 Å². The zero-order valence-corrected chi connectivity index (χ0v) is 13.7. The lowest BCUT2D eigenvalue weighted by molar-refractivity contribution is 0.214. The molecule has 0 amide bonds. The van der Waals surface area contributed by atoms with Crippen molar-refractivity contribution >= 4 is 10.0 Å². The van der Waals surface area contributed by atoms with Gasteiger partial charge in [0.1, 0.15) is 0 Å². The number of nitrogens with one attached hydrogen (secondary N) is 1. The van der Waals surface area contributed by atoms with E-state index in [0.29, 0.717) is 17.5 Å². The number of rotatable bonds is 5. The fourth-order valence-electron chi connectivity index (χ4n) is 2.07. The average Bonchev–Trinajstić information content (AvgIpc) is 2.36. The van der Waals surface area contributed by atoms with Crippen molar-refractivity contribution in [3.63, 3.8) is 0 Å². The van der Waals surface area contributed by atoms with Crippen LogP contribution in [-0.4, -0.2) is 26.2 Å². The molecule has 0 bridgehead atoms. The number of hydrogen-bond donors (Lipinski definition) is 2. The molecule has 0 spiro atoms. The summed E-state index contributed by atoms with van der Waals surface area (Å²) >= 11 is 0. The van der Waals surface area contributed by atoms with Crippen LogP contribution in [0.2, 0.25) is 0 Å². The molecule has 21 heavy (non-hydrogen) atoms. The molecule has 0 radical (unpaired) electrons. The second kappa shape index (κ2) is 6.56. The molecule has 6 heteroatoms. The van der Waals surface area contributed by atoms with Gasteiger partial charge in [-0.25, -0.2) is 13.1 Å². The zero-order chi connectivity index (χ0) is 16.3. The predicted octanol–water partition coefficient (Wildman–Crippen LogP) is 1.94. The van der Waals surface area contributed by atoms with E-state index in [1.54, 1.807) is 13.0 Å². The Morgan fingerprint density at radius 3 is 2.43 bits per heavy atom. The first-order chi connectivity index (χ1) is 9.61. The van der Waals surface area contributed by atoms with Gasteiger partial charge in [-0.2, -0.15) is 5.26 Å². The second-order valence-corrected chi connectivity index (χ2v) is 7.83. The minimum Gasteiger partial charge on any atom is -0.396 e. The van der Waals surface area contributed by atoms with Crippen LogP contribution in [-0.2, 0) is 10.0 Å². The van der Waals surface area contributed by atoms with Crippen molar-refractivity contribution in [2.45, 2.75) is 45.1 Å². The first kappa shape index (κ1) is 17.6. The van der Waals surface area contributed by atoms with Crippen LogP contribution < -0.4 is 4.72 Å². The molecule has 1 aromatic rings. The van der Waals surface area contributed by atoms with E-state index in [0.717, 1.165) is 0 Å². The molecule has 0 aromatic heterocycles. The van der Waals surface area contributed by atoms with Crippen molar-refractivity contribution in [1.29, 1.82) is 5.26 Å². The molecule has 2 N–H and O–H groups in total. The Morgan fingerprint density at radius 1 is 1.38 bits per heavy atom. The van der Waals surface area contributed by atoms with Crippen molar-refractivity contribution < 1.29 is 13.5 Å². The maximum absolute atomic E-state index is 12.5. The lowest BCUT2D eigenvalue weighted by Gasteiger charge is -2.31. The SMILES string of the molecule is Cc1cc(C#N)ccc1S(=O)(=O)NC(CCO)C(C)(C)C. The topological polar surface area (TPSA) is 90.2 Å². The predicted molar refractivity (Wildman–Crippen MR) is 81.2 cm³/mol. The van der Waals surface area contributed by atoms with Gasteiger partial charge in [-0.15, -0.1) is 0 Å². The zero-order valence-electron chi connectivity index (χ0n) is 12.8. The van der Waals surface area contributed by atoms with Crippen LogP contribution in [0.15, 0.2) is 23.1 Å². The van der Waals surface area contributed by atoms with Crippen molar-refractivity contribution in [3.8, 4) is 6.07 Å². The summed E-state index contributed by atoms with van der Waals surface area (Å²) in [7, 11) is -3.69. The van der Waals surface area contributed by atoms with E-state index >= 15 is 0 Å². The van der Waals surface area contributed by atoms with Gasteiger partial charge in [0.2, 0.25) is 10.0 Å². The van der Waals surface area contributed by atoms with Crippen molar-refractivity contribution in [2.24, 2.45) is 5.41 Å². The molecule has 0 saturated heterocycles. The molecule has 0 heterocycles. The molecule has 0 aliphatic rings. The van der Waals surface area contributed by atoms with E-state index in [-0.39, 0.29) is 23.0 Å². The second-order valence-electron chi connectivity index (χ2n) is 6.14. The lowest BCUT2D eigenvalue weighted by atomic mass is 9.86. The van der Waals surface area contributed by atoms with Gasteiger partial charge in [0.25, 0.3) is 0 Å². The minimum atomic E-state index is -3.69. The lowest BCUT2D eigenvalue weighted by Crippen LogP contribution is -2.44. The number of aliphatic hydroxyl groups excluding tert-OH is 1. The molecular formula is C15H22N2O3S. The van der Waals surface area contributed by atoms with Gasteiger partial charge < -0.3 is 5.11 Å². The Bertz CT molecular complexity index is 640. The number of nitriles is 1. The molecule has 1 aromatic carbocycles. The van der Waals surface area contributed by atoms with Gasteiger partial charge in [-0.05, 0) is 42.5 Å². The third-order valence-corrected chi connectivity index (χ3v) is 4.99. The quantitative estimate of drug-likeness (QED) is 0.869. The van der Waals surface area contributed by atoms with Gasteiger partial charge in [0.05, 0.1) is 16.5 Å². The summed E-state index contributed by atoms with van der Waals surface area (Å²) in [5.74, 6) is 0. The number of hydrogen-bond acceptors (Lipinski definition) is 4. The number of nitrogens with zero attached hydrogens (tertiary/aromatic N) is 1. The smallest absolute Gasteiger partial charge is 0.241 e. The van der Waals surface area contributed by atoms with E-state index in [1.165, 1.54) is 12.1 Å². The molecule has 5 nitrogen and oxygen atoms in total. The number of aliphatic hydroxyl groups is 1. The number of sulfonamides is 1. The van der Waals surface area contributed by atoms with Crippen LogP contribution in [0, 0.1) is 23.7 Å². The van der Waals surface area contributed by atoms with Crippen LogP contribution in [0.4, 0.5) is 0 Å². The third kappa shape index (κ3) is 4.53. The summed E-state index contributed by atoms with van der Waals surface area (Å²) in [6.07, 6.45) is 0.345. The highest BCUT2D eigenvalue weighted by Gasteiger charge is 2.29. The van der Waals surface area contributed by atoms with Gasteiger partial charge in [-0.1, -0.05) is 20.8 Å². The van der Waals surface area contributed by atoms with Crippen LogP contribution in [0.5, 0.6) is 0 Å². The molecule has 116 valence electrons. The Labute approximate surface area is 126 Å². The highest BCUT2D eigenvalue weighted by molar-refractivity contribution is 7.89. The Balaban J connectivity index is 3.14. The van der Waals surface area contributed by atoms with E-state index < -0.39 is 10.0 Å². The summed E-state index contributed by atoms with van der Waals surface area (Å²) in [5.41, 5.74) is 0.642. The van der Waals surface area contributed by atoms with E-state index in [4.69, 9.17) is 10.4 Å². The number of benzene rings is 1. The standard InChI is InChI=1S/C15H22N2O3S/c1-11-9-12(10-16)5-6-13(11)21(19,20)17-14(7-8-18)15(2,3)4/h5-6,9,14,17-18H,7-8H2,1-4H3. The van der Waals surface area contributed by atoms with Crippen LogP contribution in [0.25, 0.3) is 0 Å². The first-order valence-electron chi connectivity index (χ1n) is 6.76. The minimum absolute atomic E-state index is 0.0865. The molecular weight excluding hydrogens is 288 g/mol. The van der Waals surface area contributed by atoms with Gasteiger partial charge in [-0.3, -0.25) is 0 Å². The largest absolute Gasteiger partial charge is 0.396 e. The average molecular weight is 310 g/mol. The first-order valence-corrected chi connectivity index (χ1v) is 8.24. The molecule has 1 unspecified atom stereocenters. The Hall–Kier alpha value is -1.42. The summed E-state index contributed by atoms with van der Waals surface area (Å²) < 4.78 is 27.7. The van der Waals surface area contributed by atoms with E-state index in [9.17, 15) is 8.42 Å². The van der Waals surface area contributed by atoms with Crippen molar-refractivity contribution in [3.05, 3.63) is 29.3 Å². The highest BCUT2D eigenvalue weighted by atomic mass is 32.2. The van der Waals surface area contributed by atoms with Gasteiger partial charge in [0.15, 0.2) is 0 Å². The Kier molecular flexibility index (Phi) is 5.51. The van der Waals surface area contributed by atoms with Crippen LogP contribution >= 0.6 is 0 Å². The van der Waals surface area contributed by atoms with Crippen molar-refractivity contribution in [2.75, 3.05) is 6.61 Å². The van der Waals surface area contributed by atoms with Crippen molar-refractivity contribution in [1.82, 2.24) is 4.72 Å². The normalized spacial score (nSPS) is 13.7. The molecule has 0 aliphatic carbocycles. The maximum atomic E-state index is 12.5. The summed E-state index contributed by atoms with van der Waals surface area (Å²) in [5, 5.41) is 18.0. The third-order valence-electron chi connectivity index (χ3n) is 3.35. The molecule has 1 rings (SSSR count). The Morgan fingerprint density at radius 2 is 2.00 bits per heavy atom. The van der Waals surface area contributed by atoms with E-state index in [1.807, 2.05) is 26.8 Å². The van der Waals surface area contributed by atoms with Gasteiger partial charge >= 0.3 is 0 Å². The highest BCUT2D eigenvalue weighted by Crippen LogP contribution is 2.25. The monoisotopic (exact) mass is 310 g/mol. The molecule has 1 atom stereocenters. The molecule has 0 saturated carbocycles. The van der Waals surface area contributed by atoms with Crippen LogP contribution in [0.3, 0.4) is 0 Å². The summed E-state index contributed by atoms with van der Waals surface area (Å²) in [6.45, 7) is 7.33. The fraction of sp³-hybridized carbons (Fsp3) is 0.533. The van der Waals surface area contributed by atoms with E-state index in [2.05, 4.69) is 4.72 Å². The molecule has 0 aliphatic heterocycles.